The Bertz CT molecular complexity index is 471. The van der Waals surface area contributed by atoms with Crippen LogP contribution in [0, 0.1) is 0 Å². The van der Waals surface area contributed by atoms with Crippen molar-refractivity contribution in [2.24, 2.45) is 0 Å². The molecule has 84 valence electrons. The molecule has 1 aliphatic heterocycles. The van der Waals surface area contributed by atoms with Gasteiger partial charge in [-0.2, -0.15) is 4.98 Å². The first-order chi connectivity index (χ1) is 7.78. The van der Waals surface area contributed by atoms with Gasteiger partial charge in [0.1, 0.15) is 0 Å². The van der Waals surface area contributed by atoms with Crippen LogP contribution in [0.3, 0.4) is 0 Å². The van der Waals surface area contributed by atoms with Crippen LogP contribution in [-0.4, -0.2) is 33.3 Å². The smallest absolute Gasteiger partial charge is 0.260 e. The quantitative estimate of drug-likeness (QED) is 0.675. The molecule has 1 unspecified atom stereocenters. The maximum absolute atomic E-state index is 10.2. The third-order valence-corrected chi connectivity index (χ3v) is 2.80. The first-order valence-electron chi connectivity index (χ1n) is 5.19. The monoisotopic (exact) mass is 220 g/mol. The molecule has 0 bridgehead atoms. The molecular weight excluding hydrogens is 208 g/mol. The second kappa shape index (κ2) is 3.43. The summed E-state index contributed by atoms with van der Waals surface area (Å²) in [4.78, 5) is 7.20. The Morgan fingerprint density at radius 2 is 2.44 bits per heavy atom. The zero-order chi connectivity index (χ0) is 11.0. The lowest BCUT2D eigenvalue weighted by Crippen LogP contribution is -2.28. The van der Waals surface area contributed by atoms with E-state index in [0.717, 1.165) is 12.2 Å². The van der Waals surface area contributed by atoms with E-state index in [1.54, 1.807) is 6.20 Å². The molecular formula is C10H12N4O2. The molecule has 1 fully saturated rings. The Morgan fingerprint density at radius 1 is 1.50 bits per heavy atom. The second-order valence-corrected chi connectivity index (χ2v) is 3.97. The fourth-order valence-corrected chi connectivity index (χ4v) is 1.85. The van der Waals surface area contributed by atoms with Crippen LogP contribution in [0.4, 0.5) is 0 Å². The van der Waals surface area contributed by atoms with Crippen molar-refractivity contribution in [2.45, 2.75) is 12.0 Å². The molecule has 1 saturated heterocycles. The van der Waals surface area contributed by atoms with Gasteiger partial charge in [-0.05, 0) is 25.1 Å². The average Bonchev–Trinajstić information content (AvgIpc) is 2.98. The van der Waals surface area contributed by atoms with Gasteiger partial charge in [0.15, 0.2) is 5.60 Å². The van der Waals surface area contributed by atoms with Crippen molar-refractivity contribution < 1.29 is 9.63 Å². The summed E-state index contributed by atoms with van der Waals surface area (Å²) in [6.45, 7) is 1.22. The molecule has 1 aliphatic rings. The number of nitrogens with zero attached hydrogens (tertiary/aromatic N) is 2. The molecule has 3 heterocycles. The first-order valence-corrected chi connectivity index (χ1v) is 5.19. The van der Waals surface area contributed by atoms with Crippen molar-refractivity contribution in [3.63, 3.8) is 0 Å². The number of aliphatic hydroxyl groups is 1. The Hall–Kier alpha value is -1.66. The van der Waals surface area contributed by atoms with E-state index in [9.17, 15) is 5.11 Å². The highest BCUT2D eigenvalue weighted by Gasteiger charge is 2.38. The minimum absolute atomic E-state index is 0.280. The molecule has 0 aromatic carbocycles. The van der Waals surface area contributed by atoms with Crippen molar-refractivity contribution in [1.29, 1.82) is 0 Å². The fraction of sp³-hybridized carbons (Fsp3) is 0.400. The second-order valence-electron chi connectivity index (χ2n) is 3.97. The van der Waals surface area contributed by atoms with E-state index in [1.807, 2.05) is 12.1 Å². The summed E-state index contributed by atoms with van der Waals surface area (Å²) in [6, 6.07) is 3.71. The van der Waals surface area contributed by atoms with E-state index in [2.05, 4.69) is 20.4 Å². The van der Waals surface area contributed by atoms with E-state index < -0.39 is 5.60 Å². The van der Waals surface area contributed by atoms with Crippen LogP contribution in [-0.2, 0) is 5.60 Å². The Balaban J connectivity index is 1.93. The van der Waals surface area contributed by atoms with Gasteiger partial charge in [-0.3, -0.25) is 0 Å². The zero-order valence-electron chi connectivity index (χ0n) is 8.60. The molecule has 6 heteroatoms. The van der Waals surface area contributed by atoms with Crippen molar-refractivity contribution in [3.8, 4) is 11.5 Å². The molecule has 0 radical (unpaired) electrons. The highest BCUT2D eigenvalue weighted by molar-refractivity contribution is 5.47. The Kier molecular flexibility index (Phi) is 2.05. The summed E-state index contributed by atoms with van der Waals surface area (Å²) in [7, 11) is 0. The van der Waals surface area contributed by atoms with Crippen molar-refractivity contribution in [1.82, 2.24) is 20.4 Å². The fourth-order valence-electron chi connectivity index (χ4n) is 1.85. The van der Waals surface area contributed by atoms with Gasteiger partial charge < -0.3 is 19.9 Å². The standard InChI is InChI=1S/C10H12N4O2/c15-10(3-5-11-6-10)9-13-8(14-16-9)7-2-1-4-12-7/h1-2,4,11-12,15H,3,5-6H2. The van der Waals surface area contributed by atoms with E-state index in [-0.39, 0.29) is 5.89 Å². The predicted octanol–water partition coefficient (Wildman–Crippen LogP) is 0.246. The number of rotatable bonds is 2. The number of aromatic nitrogens is 3. The molecule has 2 aromatic rings. The summed E-state index contributed by atoms with van der Waals surface area (Å²) in [5, 5.41) is 17.1. The van der Waals surface area contributed by atoms with E-state index in [1.165, 1.54) is 0 Å². The van der Waals surface area contributed by atoms with Crippen LogP contribution >= 0.6 is 0 Å². The lowest BCUT2D eigenvalue weighted by molar-refractivity contribution is 0.0243. The number of hydrogen-bond acceptors (Lipinski definition) is 5. The summed E-state index contributed by atoms with van der Waals surface area (Å²) >= 11 is 0. The maximum Gasteiger partial charge on any atom is 0.260 e. The summed E-state index contributed by atoms with van der Waals surface area (Å²) < 4.78 is 5.10. The number of hydrogen-bond donors (Lipinski definition) is 3. The number of β-amino-alcohol motifs (C(OH)–C–C–N with tert-alkyl or cyclic N) is 1. The maximum atomic E-state index is 10.2. The SMILES string of the molecule is OC1(c2nc(-c3ccc[nH]3)no2)CCNC1. The Labute approximate surface area is 91.7 Å². The molecule has 0 aliphatic carbocycles. The van der Waals surface area contributed by atoms with Gasteiger partial charge in [-0.15, -0.1) is 0 Å². The molecule has 3 rings (SSSR count). The largest absolute Gasteiger partial charge is 0.379 e. The first kappa shape index (κ1) is 9.56. The van der Waals surface area contributed by atoms with Crippen LogP contribution < -0.4 is 5.32 Å². The van der Waals surface area contributed by atoms with Crippen molar-refractivity contribution in [2.75, 3.05) is 13.1 Å². The van der Waals surface area contributed by atoms with Gasteiger partial charge in [-0.1, -0.05) is 5.16 Å². The van der Waals surface area contributed by atoms with Crippen LogP contribution in [0.25, 0.3) is 11.5 Å². The average molecular weight is 220 g/mol. The van der Waals surface area contributed by atoms with Crippen molar-refractivity contribution in [3.05, 3.63) is 24.2 Å². The highest BCUT2D eigenvalue weighted by Crippen LogP contribution is 2.27. The molecule has 0 amide bonds. The summed E-state index contributed by atoms with van der Waals surface area (Å²) in [5.74, 6) is 0.752. The number of aromatic amines is 1. The number of nitrogens with one attached hydrogen (secondary N) is 2. The van der Waals surface area contributed by atoms with E-state index in [4.69, 9.17) is 4.52 Å². The minimum atomic E-state index is -1.02. The molecule has 3 N–H and O–H groups in total. The molecule has 0 saturated carbocycles. The van der Waals surface area contributed by atoms with Gasteiger partial charge in [0, 0.05) is 12.7 Å². The van der Waals surface area contributed by atoms with Gasteiger partial charge >= 0.3 is 0 Å². The van der Waals surface area contributed by atoms with Crippen LogP contribution in [0.1, 0.15) is 12.3 Å². The number of H-pyrrole nitrogens is 1. The van der Waals surface area contributed by atoms with Gasteiger partial charge in [0.2, 0.25) is 5.82 Å². The highest BCUT2D eigenvalue weighted by atomic mass is 16.5. The summed E-state index contributed by atoms with van der Waals surface area (Å²) in [6.07, 6.45) is 2.39. The Morgan fingerprint density at radius 3 is 3.12 bits per heavy atom. The normalized spacial score (nSPS) is 25.1. The summed E-state index contributed by atoms with van der Waals surface area (Å²) in [5.41, 5.74) is -0.234. The third kappa shape index (κ3) is 1.43. The lowest BCUT2D eigenvalue weighted by atomic mass is 10.0. The zero-order valence-corrected chi connectivity index (χ0v) is 8.60. The van der Waals surface area contributed by atoms with Crippen LogP contribution in [0.2, 0.25) is 0 Å². The predicted molar refractivity (Wildman–Crippen MR) is 55.5 cm³/mol. The van der Waals surface area contributed by atoms with Gasteiger partial charge in [0.25, 0.3) is 5.89 Å². The van der Waals surface area contributed by atoms with E-state index in [0.29, 0.717) is 18.8 Å². The molecule has 0 spiro atoms. The third-order valence-electron chi connectivity index (χ3n) is 2.80. The van der Waals surface area contributed by atoms with Gasteiger partial charge in [0.05, 0.1) is 5.69 Å². The topological polar surface area (TPSA) is 87.0 Å². The lowest BCUT2D eigenvalue weighted by Gasteiger charge is -2.14. The van der Waals surface area contributed by atoms with E-state index >= 15 is 0 Å². The molecule has 2 aromatic heterocycles. The minimum Gasteiger partial charge on any atom is -0.379 e. The molecule has 16 heavy (non-hydrogen) atoms. The molecule has 6 nitrogen and oxygen atoms in total. The van der Waals surface area contributed by atoms with Crippen molar-refractivity contribution >= 4 is 0 Å². The van der Waals surface area contributed by atoms with Crippen LogP contribution in [0.15, 0.2) is 22.9 Å². The molecule has 1 atom stereocenters. The van der Waals surface area contributed by atoms with Gasteiger partial charge in [-0.25, -0.2) is 0 Å². The van der Waals surface area contributed by atoms with Crippen LogP contribution in [0.5, 0.6) is 0 Å².